The fourth-order valence-corrected chi connectivity index (χ4v) is 12.8. The lowest BCUT2D eigenvalue weighted by atomic mass is 9.98. The smallest absolute Gasteiger partial charge is 0.263 e. The second-order valence-corrected chi connectivity index (χ2v) is 22.0. The van der Waals surface area contributed by atoms with Crippen LogP contribution in [0.1, 0.15) is 256 Å². The minimum Gasteiger partial charge on any atom is -0.271 e. The van der Waals surface area contributed by atoms with Gasteiger partial charge in [-0.15, -0.1) is 22.7 Å². The summed E-state index contributed by atoms with van der Waals surface area (Å²) in [6.45, 7) is 8.93. The Morgan fingerprint density at radius 3 is 1.05 bits per heavy atom. The summed E-state index contributed by atoms with van der Waals surface area (Å²) in [4.78, 5) is 55.2. The van der Waals surface area contributed by atoms with Crippen molar-refractivity contribution in [3.63, 3.8) is 0 Å². The number of unbranched alkanes of at least 4 members (excludes halogenated alkanes) is 20. The highest BCUT2D eigenvalue weighted by atomic mass is 79.9. The molecule has 4 heterocycles. The molecule has 2 aromatic heterocycles. The molecule has 0 fully saturated rings. The Morgan fingerprint density at radius 1 is 0.431 bits per heavy atom. The fraction of sp³-hybridized carbons (Fsp3) is 0.745. The second kappa shape index (κ2) is 30.2. The van der Waals surface area contributed by atoms with Gasteiger partial charge in [0.05, 0.1) is 33.6 Å². The number of hydrogen-bond donors (Lipinski definition) is 0. The molecule has 2 aliphatic rings. The van der Waals surface area contributed by atoms with Crippen LogP contribution in [0.4, 0.5) is 0 Å². The first-order chi connectivity index (χ1) is 27.6. The van der Waals surface area contributed by atoms with Gasteiger partial charge in [0.15, 0.2) is 0 Å². The molecule has 0 N–H and O–H groups in total. The monoisotopic (exact) mass is 1030 g/mol. The third kappa shape index (κ3) is 16.1. The van der Waals surface area contributed by atoms with Crippen LogP contribution < -0.4 is 0 Å². The van der Waals surface area contributed by atoms with Gasteiger partial charge in [-0.1, -0.05) is 189 Å². The van der Waals surface area contributed by atoms with Gasteiger partial charge in [-0.05, 0) is 73.5 Å². The van der Waals surface area contributed by atoms with Crippen LogP contribution in [0.5, 0.6) is 0 Å². The average Bonchev–Trinajstić information content (AvgIpc) is 3.88. The quantitative estimate of drug-likeness (QED) is 0.0577. The van der Waals surface area contributed by atoms with Crippen LogP contribution in [-0.2, 0) is 0 Å². The molecule has 4 rings (SSSR count). The van der Waals surface area contributed by atoms with Gasteiger partial charge in [-0.3, -0.25) is 29.0 Å². The van der Waals surface area contributed by atoms with Crippen molar-refractivity contribution >= 4 is 94.1 Å². The molecule has 0 saturated carbocycles. The summed E-state index contributed by atoms with van der Waals surface area (Å²) in [6, 6.07) is 0.0881. The SMILES string of the molecule is C.CCCCCCCCC(CCCCCCCC)N1C(=O)c2c(Br)sc(Br)c2C1=O.CCCCCCCCC(CCCCCCCC)N1C(=O)c2csc(Br)c2C1=O. The van der Waals surface area contributed by atoms with E-state index in [0.29, 0.717) is 22.3 Å². The Labute approximate surface area is 386 Å². The number of fused-ring (bicyclic) bond motifs is 2. The minimum atomic E-state index is -0.110. The van der Waals surface area contributed by atoms with E-state index in [1.54, 1.807) is 9.80 Å². The third-order valence-electron chi connectivity index (χ3n) is 11.6. The molecule has 0 unspecified atom stereocenters. The molecule has 0 spiro atoms. The third-order valence-corrected chi connectivity index (χ3v) is 15.9. The van der Waals surface area contributed by atoms with Crippen molar-refractivity contribution in [1.82, 2.24) is 9.80 Å². The summed E-state index contributed by atoms with van der Waals surface area (Å²) in [7, 11) is 0. The number of halogens is 3. The zero-order chi connectivity index (χ0) is 41.6. The number of rotatable bonds is 30. The Bertz CT molecular complexity index is 1460. The van der Waals surface area contributed by atoms with E-state index in [-0.39, 0.29) is 43.1 Å². The van der Waals surface area contributed by atoms with Crippen LogP contribution in [0.25, 0.3) is 0 Å². The molecule has 58 heavy (non-hydrogen) atoms. The molecule has 0 atom stereocenters. The van der Waals surface area contributed by atoms with Crippen LogP contribution in [0.15, 0.2) is 16.7 Å². The van der Waals surface area contributed by atoms with Crippen molar-refractivity contribution in [2.24, 2.45) is 0 Å². The van der Waals surface area contributed by atoms with Crippen molar-refractivity contribution in [2.45, 2.75) is 227 Å². The van der Waals surface area contributed by atoms with Gasteiger partial charge < -0.3 is 0 Å². The highest BCUT2D eigenvalue weighted by molar-refractivity contribution is 9.12. The summed E-state index contributed by atoms with van der Waals surface area (Å²) in [6.07, 6.45) is 33.4. The lowest BCUT2D eigenvalue weighted by Crippen LogP contribution is -2.40. The average molecular weight is 1040 g/mol. The molecule has 11 heteroatoms. The van der Waals surface area contributed by atoms with Crippen LogP contribution in [0.3, 0.4) is 0 Å². The zero-order valence-corrected chi connectivity index (χ0v) is 41.9. The molecule has 0 radical (unpaired) electrons. The maximum atomic E-state index is 13.1. The van der Waals surface area contributed by atoms with Crippen molar-refractivity contribution in [1.29, 1.82) is 0 Å². The van der Waals surface area contributed by atoms with E-state index in [1.165, 1.54) is 151 Å². The van der Waals surface area contributed by atoms with E-state index >= 15 is 0 Å². The zero-order valence-electron chi connectivity index (χ0n) is 35.5. The first kappa shape index (κ1) is 53.3. The number of hydrogen-bond acceptors (Lipinski definition) is 6. The fourth-order valence-electron chi connectivity index (χ4n) is 8.24. The van der Waals surface area contributed by atoms with Gasteiger partial charge in [0, 0.05) is 17.5 Å². The number of imide groups is 2. The standard InChI is InChI=1S/C23H35Br2NO2S.C23H36BrNO2S.CH4/c1-3-5-7-9-11-13-15-17(16-14-12-10-8-6-4-2)26-22(27)18-19(23(26)28)21(25)29-20(18)24;1-3-5-7-9-11-13-15-18(16-14-12-10-8-6-4-2)25-22(26)19-17-28-21(24)20(19)23(25)27;/h17H,3-16H2,1-2H3;17-18H,3-16H2,1-2H3;1H4. The molecular weight excluding hydrogens is 960 g/mol. The number of carbonyl (C=O) groups excluding carboxylic acids is 4. The summed E-state index contributed by atoms with van der Waals surface area (Å²) >= 11 is 13.3. The van der Waals surface area contributed by atoms with Crippen LogP contribution in [0, 0.1) is 0 Å². The molecule has 2 aromatic rings. The topological polar surface area (TPSA) is 74.8 Å². The van der Waals surface area contributed by atoms with Crippen LogP contribution >= 0.6 is 70.5 Å². The van der Waals surface area contributed by atoms with Gasteiger partial charge in [0.2, 0.25) is 0 Å². The highest BCUT2D eigenvalue weighted by Gasteiger charge is 2.44. The largest absolute Gasteiger partial charge is 0.271 e. The normalized spacial score (nSPS) is 13.5. The van der Waals surface area contributed by atoms with Crippen molar-refractivity contribution in [2.75, 3.05) is 0 Å². The van der Waals surface area contributed by atoms with E-state index in [4.69, 9.17) is 0 Å². The summed E-state index contributed by atoms with van der Waals surface area (Å²) in [5, 5.41) is 1.83. The van der Waals surface area contributed by atoms with Crippen molar-refractivity contribution in [3.8, 4) is 0 Å². The molecule has 0 saturated heterocycles. The van der Waals surface area contributed by atoms with Gasteiger partial charge in [-0.25, -0.2) is 0 Å². The Balaban J connectivity index is 0.000000394. The minimum absolute atomic E-state index is 0. The number of nitrogens with zero attached hydrogens (tertiary/aromatic N) is 2. The molecule has 0 bridgehead atoms. The Morgan fingerprint density at radius 2 is 0.724 bits per heavy atom. The Kier molecular flexibility index (Phi) is 27.7. The van der Waals surface area contributed by atoms with Gasteiger partial charge in [-0.2, -0.15) is 0 Å². The number of carbonyl (C=O) groups is 4. The molecule has 2 aliphatic heterocycles. The molecular formula is C47H75Br3N2O4S2. The van der Waals surface area contributed by atoms with Crippen molar-refractivity contribution < 1.29 is 19.2 Å². The van der Waals surface area contributed by atoms with Gasteiger partial charge >= 0.3 is 0 Å². The first-order valence-electron chi connectivity index (χ1n) is 22.6. The van der Waals surface area contributed by atoms with Crippen molar-refractivity contribution in [3.05, 3.63) is 39.0 Å². The second-order valence-electron chi connectivity index (χ2n) is 16.2. The molecule has 6 nitrogen and oxygen atoms in total. The molecule has 0 aliphatic carbocycles. The summed E-state index contributed by atoms with van der Waals surface area (Å²) in [5.74, 6) is -0.388. The van der Waals surface area contributed by atoms with Crippen LogP contribution in [0.2, 0.25) is 0 Å². The maximum Gasteiger partial charge on any atom is 0.263 e. The van der Waals surface area contributed by atoms with E-state index in [0.717, 1.165) is 62.7 Å². The van der Waals surface area contributed by atoms with E-state index in [2.05, 4.69) is 75.5 Å². The highest BCUT2D eigenvalue weighted by Crippen LogP contribution is 2.43. The van der Waals surface area contributed by atoms with E-state index in [1.807, 2.05) is 5.38 Å². The van der Waals surface area contributed by atoms with E-state index in [9.17, 15) is 19.2 Å². The Hall–Kier alpha value is -0.880. The number of thiophene rings is 2. The van der Waals surface area contributed by atoms with Gasteiger partial charge in [0.1, 0.15) is 0 Å². The predicted molar refractivity (Wildman–Crippen MR) is 259 cm³/mol. The first-order valence-corrected chi connectivity index (χ1v) is 26.7. The maximum absolute atomic E-state index is 13.1. The summed E-state index contributed by atoms with van der Waals surface area (Å²) in [5.41, 5.74) is 2.30. The summed E-state index contributed by atoms with van der Waals surface area (Å²) < 4.78 is 2.32. The van der Waals surface area contributed by atoms with Gasteiger partial charge in [0.25, 0.3) is 23.6 Å². The molecule has 4 amide bonds. The number of amides is 4. The molecule has 0 aromatic carbocycles. The van der Waals surface area contributed by atoms with E-state index < -0.39 is 0 Å². The lowest BCUT2D eigenvalue weighted by Gasteiger charge is -2.27. The predicted octanol–water partition coefficient (Wildman–Crippen LogP) is 17.4. The molecule has 330 valence electrons. The lowest BCUT2D eigenvalue weighted by molar-refractivity contribution is 0.0546. The van der Waals surface area contributed by atoms with Crippen LogP contribution in [-0.4, -0.2) is 45.5 Å².